The van der Waals surface area contributed by atoms with E-state index >= 15 is 0 Å². The molecule has 1 aromatic carbocycles. The van der Waals surface area contributed by atoms with Gasteiger partial charge in [0.25, 0.3) is 5.56 Å². The first-order valence-corrected chi connectivity index (χ1v) is 10.5. The molecule has 9 heteroatoms. The Hall–Kier alpha value is -3.62. The van der Waals surface area contributed by atoms with Gasteiger partial charge in [-0.15, -0.1) is 0 Å². The Morgan fingerprint density at radius 3 is 2.74 bits per heavy atom. The molecule has 0 aliphatic carbocycles. The van der Waals surface area contributed by atoms with Crippen LogP contribution >= 0.6 is 0 Å². The third-order valence-corrected chi connectivity index (χ3v) is 5.45. The van der Waals surface area contributed by atoms with Crippen molar-refractivity contribution in [2.75, 3.05) is 5.32 Å². The zero-order chi connectivity index (χ0) is 22.0. The summed E-state index contributed by atoms with van der Waals surface area (Å²) in [6.07, 6.45) is 4.94. The first kappa shape index (κ1) is 20.6. The van der Waals surface area contributed by atoms with E-state index in [4.69, 9.17) is 4.42 Å². The molecule has 9 nitrogen and oxygen atoms in total. The number of fused-ring (bicyclic) bond motifs is 1. The quantitative estimate of drug-likeness (QED) is 0.451. The van der Waals surface area contributed by atoms with Crippen LogP contribution in [0.25, 0.3) is 22.6 Å². The van der Waals surface area contributed by atoms with Gasteiger partial charge in [-0.1, -0.05) is 19.4 Å². The van der Waals surface area contributed by atoms with Crippen molar-refractivity contribution >= 4 is 16.9 Å². The lowest BCUT2D eigenvalue weighted by Gasteiger charge is -2.12. The lowest BCUT2D eigenvalue weighted by molar-refractivity contribution is 0.574. The van der Waals surface area contributed by atoms with Gasteiger partial charge in [-0.2, -0.15) is 0 Å². The second kappa shape index (κ2) is 8.63. The van der Waals surface area contributed by atoms with E-state index in [2.05, 4.69) is 27.2 Å². The largest absolute Gasteiger partial charge is 0.445 e. The molecule has 0 aliphatic rings. The number of hydrogen-bond acceptors (Lipinski definition) is 6. The van der Waals surface area contributed by atoms with Crippen molar-refractivity contribution in [3.63, 3.8) is 0 Å². The maximum absolute atomic E-state index is 12.6. The fourth-order valence-corrected chi connectivity index (χ4v) is 3.81. The van der Waals surface area contributed by atoms with Gasteiger partial charge in [-0.25, -0.2) is 14.8 Å². The van der Waals surface area contributed by atoms with Crippen LogP contribution < -0.4 is 16.6 Å². The molecule has 0 aliphatic heterocycles. The standard InChI is InChI=1S/C22H26N6O3/c1-4-6-11-28-19-18(20(29)26-22(28)30)27(5-2)17(25-19)13-24-16-9-7-8-15(14(16)3)21-23-10-12-31-21/h7-10,12,24H,4-6,11,13H2,1-3H3,(H,26,29,30). The summed E-state index contributed by atoms with van der Waals surface area (Å²) >= 11 is 0. The summed E-state index contributed by atoms with van der Waals surface area (Å²) in [4.78, 5) is 36.3. The number of aromatic amines is 1. The first-order chi connectivity index (χ1) is 15.0. The number of unbranched alkanes of at least 4 members (excludes halogenated alkanes) is 1. The molecule has 0 bridgehead atoms. The molecule has 0 saturated carbocycles. The summed E-state index contributed by atoms with van der Waals surface area (Å²) in [5.74, 6) is 1.26. The van der Waals surface area contributed by atoms with Crippen LogP contribution in [0, 0.1) is 6.92 Å². The highest BCUT2D eigenvalue weighted by Crippen LogP contribution is 2.27. The minimum absolute atomic E-state index is 0.403. The van der Waals surface area contributed by atoms with Crippen LogP contribution in [0.1, 0.15) is 38.1 Å². The zero-order valence-electron chi connectivity index (χ0n) is 17.9. The summed E-state index contributed by atoms with van der Waals surface area (Å²) in [5, 5.41) is 3.41. The van der Waals surface area contributed by atoms with E-state index in [9.17, 15) is 9.59 Å². The molecule has 31 heavy (non-hydrogen) atoms. The van der Waals surface area contributed by atoms with Crippen LogP contribution in [0.5, 0.6) is 0 Å². The molecular weight excluding hydrogens is 396 g/mol. The Kier molecular flexibility index (Phi) is 5.75. The van der Waals surface area contributed by atoms with Gasteiger partial charge in [0.2, 0.25) is 5.89 Å². The number of imidazole rings is 1. The second-order valence-corrected chi connectivity index (χ2v) is 7.38. The van der Waals surface area contributed by atoms with Crippen molar-refractivity contribution in [1.29, 1.82) is 0 Å². The predicted molar refractivity (Wildman–Crippen MR) is 119 cm³/mol. The Morgan fingerprint density at radius 1 is 1.19 bits per heavy atom. The fourth-order valence-electron chi connectivity index (χ4n) is 3.81. The number of hydrogen-bond donors (Lipinski definition) is 2. The Morgan fingerprint density at radius 2 is 2.03 bits per heavy atom. The number of aromatic nitrogens is 5. The first-order valence-electron chi connectivity index (χ1n) is 10.5. The summed E-state index contributed by atoms with van der Waals surface area (Å²) in [7, 11) is 0. The van der Waals surface area contributed by atoms with Gasteiger partial charge in [0, 0.05) is 24.3 Å². The van der Waals surface area contributed by atoms with Crippen LogP contribution in [-0.4, -0.2) is 24.1 Å². The van der Waals surface area contributed by atoms with Gasteiger partial charge < -0.3 is 14.3 Å². The molecule has 4 rings (SSSR count). The number of anilines is 1. The molecule has 0 fully saturated rings. The summed E-state index contributed by atoms with van der Waals surface area (Å²) in [6, 6.07) is 5.87. The number of benzene rings is 1. The smallest absolute Gasteiger partial charge is 0.330 e. The molecule has 0 saturated heterocycles. The van der Waals surface area contributed by atoms with E-state index in [1.165, 1.54) is 0 Å². The van der Waals surface area contributed by atoms with E-state index in [0.29, 0.717) is 42.5 Å². The van der Waals surface area contributed by atoms with Gasteiger partial charge >= 0.3 is 5.69 Å². The summed E-state index contributed by atoms with van der Waals surface area (Å²) < 4.78 is 8.86. The SMILES string of the molecule is CCCCn1c(=O)[nH]c(=O)c2c1nc(CNc1cccc(-c3ncco3)c1C)n2CC. The number of rotatable bonds is 8. The Labute approximate surface area is 178 Å². The highest BCUT2D eigenvalue weighted by atomic mass is 16.3. The summed E-state index contributed by atoms with van der Waals surface area (Å²) in [6.45, 7) is 7.51. The van der Waals surface area contributed by atoms with Gasteiger partial charge in [-0.3, -0.25) is 14.3 Å². The molecule has 3 aromatic heterocycles. The van der Waals surface area contributed by atoms with Crippen molar-refractivity contribution in [2.24, 2.45) is 0 Å². The average Bonchev–Trinajstić information content (AvgIpc) is 3.41. The number of oxazole rings is 1. The molecule has 4 aromatic rings. The number of aryl methyl sites for hydroxylation is 2. The summed E-state index contributed by atoms with van der Waals surface area (Å²) in [5.41, 5.74) is 2.87. The maximum Gasteiger partial charge on any atom is 0.330 e. The van der Waals surface area contributed by atoms with Crippen LogP contribution in [0.15, 0.2) is 44.7 Å². The molecule has 2 N–H and O–H groups in total. The average molecular weight is 422 g/mol. The molecular formula is C22H26N6O3. The van der Waals surface area contributed by atoms with Crippen LogP contribution in [0.3, 0.4) is 0 Å². The van der Waals surface area contributed by atoms with Crippen molar-refractivity contribution in [2.45, 2.75) is 53.2 Å². The molecule has 162 valence electrons. The van der Waals surface area contributed by atoms with E-state index in [1.807, 2.05) is 36.6 Å². The van der Waals surface area contributed by atoms with E-state index in [1.54, 1.807) is 17.0 Å². The molecule has 0 atom stereocenters. The van der Waals surface area contributed by atoms with Crippen molar-refractivity contribution in [3.8, 4) is 11.5 Å². The van der Waals surface area contributed by atoms with Gasteiger partial charge in [0.15, 0.2) is 11.2 Å². The van der Waals surface area contributed by atoms with Crippen LogP contribution in [0.4, 0.5) is 5.69 Å². The van der Waals surface area contributed by atoms with Gasteiger partial charge in [0.1, 0.15) is 12.1 Å². The van der Waals surface area contributed by atoms with Crippen LogP contribution in [-0.2, 0) is 19.6 Å². The Bertz CT molecular complexity index is 1310. The third-order valence-electron chi connectivity index (χ3n) is 5.45. The number of nitrogens with zero attached hydrogens (tertiary/aromatic N) is 4. The highest BCUT2D eigenvalue weighted by Gasteiger charge is 2.18. The lowest BCUT2D eigenvalue weighted by Crippen LogP contribution is -2.31. The molecule has 0 spiro atoms. The topological polar surface area (TPSA) is 111 Å². The minimum atomic E-state index is -0.416. The van der Waals surface area contributed by atoms with E-state index in [0.717, 1.165) is 29.7 Å². The zero-order valence-corrected chi connectivity index (χ0v) is 17.9. The highest BCUT2D eigenvalue weighted by molar-refractivity contribution is 5.71. The monoisotopic (exact) mass is 422 g/mol. The molecule has 3 heterocycles. The van der Waals surface area contributed by atoms with Crippen molar-refractivity contribution < 1.29 is 4.42 Å². The van der Waals surface area contributed by atoms with Gasteiger partial charge in [0.05, 0.1) is 12.7 Å². The minimum Gasteiger partial charge on any atom is -0.445 e. The van der Waals surface area contributed by atoms with Crippen molar-refractivity contribution in [3.05, 3.63) is 62.9 Å². The van der Waals surface area contributed by atoms with E-state index in [-0.39, 0.29) is 0 Å². The normalized spacial score (nSPS) is 11.3. The molecule has 0 radical (unpaired) electrons. The maximum atomic E-state index is 12.6. The second-order valence-electron chi connectivity index (χ2n) is 7.38. The number of nitrogens with one attached hydrogen (secondary N) is 2. The van der Waals surface area contributed by atoms with Crippen molar-refractivity contribution in [1.82, 2.24) is 24.1 Å². The molecule has 0 amide bonds. The fraction of sp³-hybridized carbons (Fsp3) is 0.364. The molecule has 0 unspecified atom stereocenters. The predicted octanol–water partition coefficient (Wildman–Crippen LogP) is 3.28. The third kappa shape index (κ3) is 3.78. The van der Waals surface area contributed by atoms with Gasteiger partial charge in [-0.05, 0) is 38.0 Å². The lowest BCUT2D eigenvalue weighted by atomic mass is 10.1. The Balaban J connectivity index is 1.71. The number of H-pyrrole nitrogens is 1. The van der Waals surface area contributed by atoms with Crippen LogP contribution in [0.2, 0.25) is 0 Å². The van der Waals surface area contributed by atoms with E-state index < -0.39 is 11.2 Å².